The first-order valence-electron chi connectivity index (χ1n) is 7.26. The van der Waals surface area contributed by atoms with Crippen molar-refractivity contribution in [3.63, 3.8) is 0 Å². The number of hydrogen-bond acceptors (Lipinski definition) is 2. The van der Waals surface area contributed by atoms with Crippen LogP contribution in [0.2, 0.25) is 5.02 Å². The number of rotatable bonds is 3. The van der Waals surface area contributed by atoms with Crippen molar-refractivity contribution in [3.8, 4) is 5.75 Å². The summed E-state index contributed by atoms with van der Waals surface area (Å²) in [6, 6.07) is 15.5. The summed E-state index contributed by atoms with van der Waals surface area (Å²) < 4.78 is 5.69. The van der Waals surface area contributed by atoms with E-state index < -0.39 is 5.60 Å². The highest BCUT2D eigenvalue weighted by molar-refractivity contribution is 6.30. The van der Waals surface area contributed by atoms with Crippen LogP contribution >= 0.6 is 11.6 Å². The van der Waals surface area contributed by atoms with E-state index in [2.05, 4.69) is 6.07 Å². The first-order valence-corrected chi connectivity index (χ1v) is 7.64. The summed E-state index contributed by atoms with van der Waals surface area (Å²) in [4.78, 5) is 0. The van der Waals surface area contributed by atoms with E-state index >= 15 is 0 Å². The number of ether oxygens (including phenoxy) is 1. The fourth-order valence-electron chi connectivity index (χ4n) is 3.03. The highest BCUT2D eigenvalue weighted by Gasteiger charge is 2.31. The lowest BCUT2D eigenvalue weighted by molar-refractivity contribution is 0.0352. The summed E-state index contributed by atoms with van der Waals surface area (Å²) in [5.41, 5.74) is 1.22. The number of aliphatic hydroxyl groups is 1. The molecule has 0 aromatic heterocycles. The zero-order chi connectivity index (χ0) is 14.9. The van der Waals surface area contributed by atoms with Crippen molar-refractivity contribution in [2.24, 2.45) is 0 Å². The van der Waals surface area contributed by atoms with Crippen LogP contribution in [0.15, 0.2) is 48.5 Å². The van der Waals surface area contributed by atoms with Gasteiger partial charge in [-0.25, -0.2) is 0 Å². The average molecular weight is 303 g/mol. The minimum Gasteiger partial charge on any atom is -0.493 e. The molecule has 1 N–H and O–H groups in total. The van der Waals surface area contributed by atoms with Crippen molar-refractivity contribution in [1.82, 2.24) is 0 Å². The maximum Gasteiger partial charge on any atom is 0.122 e. The van der Waals surface area contributed by atoms with E-state index in [-0.39, 0.29) is 0 Å². The van der Waals surface area contributed by atoms with Gasteiger partial charge in [0, 0.05) is 5.02 Å². The molecule has 110 valence electrons. The molecule has 0 spiro atoms. The molecule has 0 saturated heterocycles. The molecule has 2 atom stereocenters. The highest BCUT2D eigenvalue weighted by atomic mass is 35.5. The van der Waals surface area contributed by atoms with Crippen LogP contribution in [0.25, 0.3) is 0 Å². The molecule has 0 radical (unpaired) electrons. The van der Waals surface area contributed by atoms with Gasteiger partial charge in [-0.05, 0) is 55.0 Å². The van der Waals surface area contributed by atoms with Crippen LogP contribution in [0.5, 0.6) is 5.75 Å². The fraction of sp³-hybridized carbons (Fsp3) is 0.333. The van der Waals surface area contributed by atoms with Crippen molar-refractivity contribution in [2.45, 2.75) is 31.3 Å². The average Bonchev–Trinajstić information content (AvgIpc) is 2.48. The normalized spacial score (nSPS) is 20.2. The Bertz CT molecular complexity index is 619. The predicted molar refractivity (Wildman–Crippen MR) is 84.9 cm³/mol. The molecule has 1 aliphatic rings. The number of benzene rings is 2. The fourth-order valence-corrected chi connectivity index (χ4v) is 3.16. The maximum absolute atomic E-state index is 10.9. The third-order valence-corrected chi connectivity index (χ3v) is 4.44. The van der Waals surface area contributed by atoms with Gasteiger partial charge in [0.05, 0.1) is 12.2 Å². The number of para-hydroxylation sites is 1. The molecule has 3 heteroatoms. The Kier molecular flexibility index (Phi) is 3.92. The number of hydrogen-bond donors (Lipinski definition) is 1. The Balaban J connectivity index is 1.84. The Labute approximate surface area is 130 Å². The Hall–Kier alpha value is -1.51. The lowest BCUT2D eigenvalue weighted by atomic mass is 9.80. The van der Waals surface area contributed by atoms with Crippen molar-refractivity contribution < 1.29 is 9.84 Å². The molecule has 21 heavy (non-hydrogen) atoms. The number of fused-ring (bicyclic) bond motifs is 1. The van der Waals surface area contributed by atoms with Gasteiger partial charge in [0.15, 0.2) is 0 Å². The highest BCUT2D eigenvalue weighted by Crippen LogP contribution is 2.41. The van der Waals surface area contributed by atoms with Crippen molar-refractivity contribution in [1.29, 1.82) is 0 Å². The van der Waals surface area contributed by atoms with E-state index in [1.54, 1.807) is 0 Å². The van der Waals surface area contributed by atoms with E-state index in [4.69, 9.17) is 16.3 Å². The Morgan fingerprint density at radius 1 is 1.19 bits per heavy atom. The molecule has 0 fully saturated rings. The SMILES string of the molecule is CC(O)(CC1CCOc2ccccc21)c1ccc(Cl)cc1. The third kappa shape index (κ3) is 3.07. The quantitative estimate of drug-likeness (QED) is 0.904. The standard InChI is InChI=1S/C18H19ClO2/c1-18(20,14-6-8-15(19)9-7-14)12-13-10-11-21-17-5-3-2-4-16(13)17/h2-9,13,20H,10-12H2,1H3. The largest absolute Gasteiger partial charge is 0.493 e. The summed E-state index contributed by atoms with van der Waals surface area (Å²) in [5, 5.41) is 11.6. The summed E-state index contributed by atoms with van der Waals surface area (Å²) in [6.45, 7) is 2.58. The third-order valence-electron chi connectivity index (χ3n) is 4.19. The lowest BCUT2D eigenvalue weighted by Gasteiger charge is -2.32. The van der Waals surface area contributed by atoms with E-state index in [1.165, 1.54) is 5.56 Å². The van der Waals surface area contributed by atoms with Crippen LogP contribution in [-0.4, -0.2) is 11.7 Å². The first kappa shape index (κ1) is 14.4. The van der Waals surface area contributed by atoms with Gasteiger partial charge in [0.1, 0.15) is 5.75 Å². The van der Waals surface area contributed by atoms with E-state index in [0.717, 1.165) is 17.7 Å². The molecule has 2 aromatic rings. The molecule has 3 rings (SSSR count). The van der Waals surface area contributed by atoms with Crippen molar-refractivity contribution >= 4 is 11.6 Å². The second-order valence-electron chi connectivity index (χ2n) is 5.86. The van der Waals surface area contributed by atoms with E-state index in [0.29, 0.717) is 24.0 Å². The molecule has 0 bridgehead atoms. The van der Waals surface area contributed by atoms with Gasteiger partial charge in [-0.1, -0.05) is 41.9 Å². The minimum absolute atomic E-state index is 0.306. The molecule has 0 saturated carbocycles. The second-order valence-corrected chi connectivity index (χ2v) is 6.29. The first-order chi connectivity index (χ1) is 10.1. The summed E-state index contributed by atoms with van der Waals surface area (Å²) in [6.07, 6.45) is 1.61. The smallest absolute Gasteiger partial charge is 0.122 e. The minimum atomic E-state index is -0.875. The molecule has 0 amide bonds. The van der Waals surface area contributed by atoms with Gasteiger partial charge in [0.2, 0.25) is 0 Å². The van der Waals surface area contributed by atoms with Gasteiger partial charge in [-0.15, -0.1) is 0 Å². The van der Waals surface area contributed by atoms with Crippen LogP contribution in [0, 0.1) is 0 Å². The zero-order valence-electron chi connectivity index (χ0n) is 12.1. The molecule has 2 unspecified atom stereocenters. The molecule has 1 heterocycles. The van der Waals surface area contributed by atoms with Crippen LogP contribution < -0.4 is 4.74 Å². The van der Waals surface area contributed by atoms with E-state index in [9.17, 15) is 5.11 Å². The monoisotopic (exact) mass is 302 g/mol. The van der Waals surface area contributed by atoms with Crippen LogP contribution in [0.3, 0.4) is 0 Å². The van der Waals surface area contributed by atoms with Gasteiger partial charge in [-0.2, -0.15) is 0 Å². The van der Waals surface area contributed by atoms with Crippen LogP contribution in [0.4, 0.5) is 0 Å². The van der Waals surface area contributed by atoms with Gasteiger partial charge < -0.3 is 9.84 Å². The summed E-state index contributed by atoms with van der Waals surface area (Å²) in [7, 11) is 0. The second kappa shape index (κ2) is 5.70. The van der Waals surface area contributed by atoms with Crippen LogP contribution in [0.1, 0.15) is 36.8 Å². The van der Waals surface area contributed by atoms with Crippen molar-refractivity contribution in [2.75, 3.05) is 6.61 Å². The molecule has 0 aliphatic carbocycles. The Morgan fingerprint density at radius 3 is 2.67 bits per heavy atom. The summed E-state index contributed by atoms with van der Waals surface area (Å²) in [5.74, 6) is 1.25. The molecule has 1 aliphatic heterocycles. The molecule has 2 nitrogen and oxygen atoms in total. The predicted octanol–water partition coefficient (Wildman–Crippen LogP) is 4.50. The summed E-state index contributed by atoms with van der Waals surface area (Å²) >= 11 is 5.92. The molecular formula is C18H19ClO2. The zero-order valence-corrected chi connectivity index (χ0v) is 12.8. The van der Waals surface area contributed by atoms with Crippen LogP contribution in [-0.2, 0) is 5.60 Å². The topological polar surface area (TPSA) is 29.5 Å². The van der Waals surface area contributed by atoms with Gasteiger partial charge >= 0.3 is 0 Å². The van der Waals surface area contributed by atoms with Gasteiger partial charge in [-0.3, -0.25) is 0 Å². The van der Waals surface area contributed by atoms with Crippen molar-refractivity contribution in [3.05, 3.63) is 64.7 Å². The van der Waals surface area contributed by atoms with Gasteiger partial charge in [0.25, 0.3) is 0 Å². The van der Waals surface area contributed by atoms with E-state index in [1.807, 2.05) is 49.4 Å². The lowest BCUT2D eigenvalue weighted by Crippen LogP contribution is -2.26. The maximum atomic E-state index is 10.9. The number of halogens is 1. The molecule has 2 aromatic carbocycles. The Morgan fingerprint density at radius 2 is 1.90 bits per heavy atom. The molecular weight excluding hydrogens is 284 g/mol.